The minimum absolute atomic E-state index is 0.303. The first-order valence-corrected chi connectivity index (χ1v) is 12.0. The van der Waals surface area contributed by atoms with Gasteiger partial charge in [0.1, 0.15) is 17.8 Å². The number of aliphatic hydroxyl groups excluding tert-OH is 1. The molecule has 188 valence electrons. The van der Waals surface area contributed by atoms with Gasteiger partial charge in [0.15, 0.2) is 11.9 Å². The van der Waals surface area contributed by atoms with Crippen molar-refractivity contribution in [1.82, 2.24) is 0 Å². The summed E-state index contributed by atoms with van der Waals surface area (Å²) in [5.41, 5.74) is -1.89. The lowest BCUT2D eigenvalue weighted by Gasteiger charge is -2.64. The summed E-state index contributed by atoms with van der Waals surface area (Å²) < 4.78 is 22.3. The number of esters is 2. The van der Waals surface area contributed by atoms with Gasteiger partial charge < -0.3 is 23.7 Å². The van der Waals surface area contributed by atoms with E-state index in [9.17, 15) is 19.5 Å². The van der Waals surface area contributed by atoms with Gasteiger partial charge in [0.2, 0.25) is 0 Å². The Kier molecular flexibility index (Phi) is 5.07. The molecular formula is C27H32O8. The van der Waals surface area contributed by atoms with Crippen LogP contribution in [-0.2, 0) is 28.6 Å². The molecule has 0 bridgehead atoms. The molecule has 8 nitrogen and oxygen atoms in total. The van der Waals surface area contributed by atoms with E-state index < -0.39 is 57.9 Å². The Morgan fingerprint density at radius 2 is 1.91 bits per heavy atom. The van der Waals surface area contributed by atoms with Gasteiger partial charge in [0.05, 0.1) is 19.6 Å². The molecule has 2 aliphatic heterocycles. The Balaban J connectivity index is 1.72. The van der Waals surface area contributed by atoms with Gasteiger partial charge >= 0.3 is 11.9 Å². The zero-order valence-electron chi connectivity index (χ0n) is 20.9. The highest BCUT2D eigenvalue weighted by Crippen LogP contribution is 2.78. The summed E-state index contributed by atoms with van der Waals surface area (Å²) in [6.45, 7) is 9.46. The molecule has 0 unspecified atom stereocenters. The molecule has 3 heterocycles. The van der Waals surface area contributed by atoms with E-state index in [2.05, 4.69) is 0 Å². The SMILES string of the molecule is COC(=O)/C=C\[C@]1(C)C(=C(C)C)C(=O)[C@H](O)[C@]2(C)[C@@H]1CC[C@@]1(C)[C@H](c3ccoc3)OC(=O)[C@H]3O[C@@]321. The van der Waals surface area contributed by atoms with Crippen LogP contribution in [0.15, 0.2) is 46.3 Å². The molecular weight excluding hydrogens is 452 g/mol. The standard InChI is InChI=1S/C27H32O8/c1-14(2)18-19(29)20(30)26(5)16(24(18,3)10-8-17(28)32-6)7-11-25(4)21(15-9-12-33-13-15)34-23(31)22-27(25,26)35-22/h8-10,12-13,16,20-22,30H,7,11H2,1-6H3/b10-8-/t16-,20+,21+,22-,24+,25+,26+,27-/m1/s1. The Morgan fingerprint density at radius 3 is 2.51 bits per heavy atom. The number of hydrogen-bond acceptors (Lipinski definition) is 8. The van der Waals surface area contributed by atoms with Gasteiger partial charge in [0.25, 0.3) is 0 Å². The number of Topliss-reactive ketones (excluding diaryl/α,β-unsaturated/α-hetero) is 1. The minimum atomic E-state index is -1.39. The van der Waals surface area contributed by atoms with Crippen LogP contribution in [-0.4, -0.2) is 47.7 Å². The minimum Gasteiger partial charge on any atom is -0.472 e. The smallest absolute Gasteiger partial charge is 0.339 e. The Labute approximate surface area is 204 Å². The molecule has 1 aromatic heterocycles. The van der Waals surface area contributed by atoms with E-state index in [-0.39, 0.29) is 5.92 Å². The van der Waals surface area contributed by atoms with Crippen LogP contribution in [0.4, 0.5) is 0 Å². The number of cyclic esters (lactones) is 1. The number of aliphatic hydroxyl groups is 1. The molecule has 4 aliphatic rings. The molecule has 5 rings (SSSR count). The maximum absolute atomic E-state index is 13.8. The predicted molar refractivity (Wildman–Crippen MR) is 123 cm³/mol. The molecule has 1 N–H and O–H groups in total. The van der Waals surface area contributed by atoms with Crippen molar-refractivity contribution in [3.05, 3.63) is 47.5 Å². The third-order valence-corrected chi connectivity index (χ3v) is 9.41. The van der Waals surface area contributed by atoms with E-state index in [0.717, 1.165) is 5.57 Å². The van der Waals surface area contributed by atoms with E-state index in [1.807, 2.05) is 34.6 Å². The Morgan fingerprint density at radius 1 is 1.20 bits per heavy atom. The predicted octanol–water partition coefficient (Wildman–Crippen LogP) is 3.45. The first-order chi connectivity index (χ1) is 16.4. The number of fused-ring (bicyclic) bond motifs is 1. The zero-order valence-corrected chi connectivity index (χ0v) is 20.9. The molecule has 2 aliphatic carbocycles. The molecule has 1 aromatic rings. The summed E-state index contributed by atoms with van der Waals surface area (Å²) in [6.07, 6.45) is 4.46. The average Bonchev–Trinajstić information content (AvgIpc) is 3.38. The van der Waals surface area contributed by atoms with Gasteiger partial charge in [-0.2, -0.15) is 0 Å². The number of ketones is 1. The second-order valence-electron chi connectivity index (χ2n) is 11.2. The zero-order chi connectivity index (χ0) is 25.6. The van der Waals surface area contributed by atoms with Crippen molar-refractivity contribution in [2.45, 2.75) is 71.4 Å². The normalized spacial score (nSPS) is 44.3. The van der Waals surface area contributed by atoms with Gasteiger partial charge in [-0.1, -0.05) is 32.4 Å². The van der Waals surface area contributed by atoms with Gasteiger partial charge in [-0.05, 0) is 38.7 Å². The lowest BCUT2D eigenvalue weighted by Crippen LogP contribution is -2.72. The van der Waals surface area contributed by atoms with Crippen LogP contribution in [0.2, 0.25) is 0 Å². The lowest BCUT2D eigenvalue weighted by atomic mass is 9.38. The molecule has 2 saturated heterocycles. The van der Waals surface area contributed by atoms with Crippen molar-refractivity contribution in [2.75, 3.05) is 7.11 Å². The van der Waals surface area contributed by atoms with E-state index in [0.29, 0.717) is 24.0 Å². The summed E-state index contributed by atoms with van der Waals surface area (Å²) in [5, 5.41) is 11.7. The number of carbonyl (C=O) groups is 3. The highest BCUT2D eigenvalue weighted by atomic mass is 16.7. The highest BCUT2D eigenvalue weighted by Gasteiger charge is 2.88. The second-order valence-corrected chi connectivity index (χ2v) is 11.2. The molecule has 8 heteroatoms. The quantitative estimate of drug-likeness (QED) is 0.394. The maximum Gasteiger partial charge on any atom is 0.339 e. The fourth-order valence-corrected chi connectivity index (χ4v) is 7.97. The fourth-order valence-electron chi connectivity index (χ4n) is 7.97. The highest BCUT2D eigenvalue weighted by molar-refractivity contribution is 6.03. The summed E-state index contributed by atoms with van der Waals surface area (Å²) >= 11 is 0. The van der Waals surface area contributed by atoms with E-state index in [4.69, 9.17) is 18.6 Å². The number of ether oxygens (including phenoxy) is 3. The van der Waals surface area contributed by atoms with Gasteiger partial charge in [-0.15, -0.1) is 0 Å². The summed E-state index contributed by atoms with van der Waals surface area (Å²) in [5.74, 6) is -1.75. The Hall–Kier alpha value is -2.71. The van der Waals surface area contributed by atoms with Crippen molar-refractivity contribution in [3.8, 4) is 0 Å². The molecule has 4 fully saturated rings. The van der Waals surface area contributed by atoms with Crippen molar-refractivity contribution >= 4 is 17.7 Å². The lowest BCUT2D eigenvalue weighted by molar-refractivity contribution is -0.218. The van der Waals surface area contributed by atoms with Crippen molar-refractivity contribution in [3.63, 3.8) is 0 Å². The van der Waals surface area contributed by atoms with Gasteiger partial charge in [-0.3, -0.25) is 4.79 Å². The van der Waals surface area contributed by atoms with Crippen LogP contribution in [0.1, 0.15) is 59.1 Å². The first kappa shape index (κ1) is 24.0. The third-order valence-electron chi connectivity index (χ3n) is 9.41. The van der Waals surface area contributed by atoms with E-state index >= 15 is 0 Å². The van der Waals surface area contributed by atoms with Crippen LogP contribution in [0, 0.1) is 22.2 Å². The largest absolute Gasteiger partial charge is 0.472 e. The summed E-state index contributed by atoms with van der Waals surface area (Å²) in [7, 11) is 1.30. The number of furan rings is 1. The molecule has 8 atom stereocenters. The van der Waals surface area contributed by atoms with Crippen LogP contribution in [0.5, 0.6) is 0 Å². The fraction of sp³-hybridized carbons (Fsp3) is 0.593. The first-order valence-electron chi connectivity index (χ1n) is 12.0. The van der Waals surface area contributed by atoms with Crippen molar-refractivity contribution < 1.29 is 38.1 Å². The molecule has 0 aromatic carbocycles. The molecule has 1 spiro atoms. The molecule has 35 heavy (non-hydrogen) atoms. The van der Waals surface area contributed by atoms with Crippen LogP contribution in [0.25, 0.3) is 0 Å². The number of epoxide rings is 1. The average molecular weight is 485 g/mol. The van der Waals surface area contributed by atoms with Gasteiger partial charge in [-0.25, -0.2) is 9.59 Å². The maximum atomic E-state index is 13.8. The monoisotopic (exact) mass is 484 g/mol. The van der Waals surface area contributed by atoms with E-state index in [1.165, 1.54) is 19.4 Å². The van der Waals surface area contributed by atoms with Crippen LogP contribution < -0.4 is 0 Å². The Bertz CT molecular complexity index is 1160. The number of hydrogen-bond donors (Lipinski definition) is 1. The number of rotatable bonds is 3. The number of allylic oxidation sites excluding steroid dienone is 2. The third kappa shape index (κ3) is 2.72. The van der Waals surface area contributed by atoms with Crippen molar-refractivity contribution in [2.24, 2.45) is 22.2 Å². The van der Waals surface area contributed by atoms with Crippen LogP contribution in [0.3, 0.4) is 0 Å². The number of carbonyl (C=O) groups excluding carboxylic acids is 3. The van der Waals surface area contributed by atoms with Crippen molar-refractivity contribution in [1.29, 1.82) is 0 Å². The van der Waals surface area contributed by atoms with E-state index in [1.54, 1.807) is 18.4 Å². The summed E-state index contributed by atoms with van der Waals surface area (Å²) in [4.78, 5) is 39.0. The number of methoxy groups -OCH3 is 1. The topological polar surface area (TPSA) is 116 Å². The van der Waals surface area contributed by atoms with Gasteiger partial charge in [0, 0.05) is 33.5 Å². The molecule has 0 radical (unpaired) electrons. The molecule has 0 amide bonds. The molecule has 2 saturated carbocycles. The second kappa shape index (κ2) is 7.40. The summed E-state index contributed by atoms with van der Waals surface area (Å²) in [6, 6.07) is 1.76. The van der Waals surface area contributed by atoms with Crippen LogP contribution >= 0.6 is 0 Å².